The number of hydrogen-bond acceptors (Lipinski definition) is 5. The lowest BCUT2D eigenvalue weighted by molar-refractivity contribution is -0.144. The highest BCUT2D eigenvalue weighted by molar-refractivity contribution is 7.19. The average Bonchev–Trinajstić information content (AvgIpc) is 3.04. The van der Waals surface area contributed by atoms with Crippen molar-refractivity contribution in [1.29, 1.82) is 0 Å². The van der Waals surface area contributed by atoms with E-state index in [1.165, 1.54) is 22.7 Å². The highest BCUT2D eigenvalue weighted by Gasteiger charge is 2.36. The number of hydrogen-bond donors (Lipinski definition) is 1. The minimum atomic E-state index is -4.63. The van der Waals surface area contributed by atoms with E-state index in [1.807, 2.05) is 17.5 Å². The second-order valence-corrected chi connectivity index (χ2v) is 5.78. The summed E-state index contributed by atoms with van der Waals surface area (Å²) in [4.78, 5) is 7.89. The molecule has 1 N–H and O–H groups in total. The summed E-state index contributed by atoms with van der Waals surface area (Å²) >= 11 is 2.66. The predicted molar refractivity (Wildman–Crippen MR) is 71.7 cm³/mol. The van der Waals surface area contributed by atoms with Crippen molar-refractivity contribution in [2.75, 3.05) is 0 Å². The summed E-state index contributed by atoms with van der Waals surface area (Å²) in [6.45, 7) is -0.549. The van der Waals surface area contributed by atoms with Gasteiger partial charge >= 0.3 is 6.18 Å². The topological polar surface area (TPSA) is 46.0 Å². The molecule has 0 amide bonds. The Morgan fingerprint density at radius 1 is 1.20 bits per heavy atom. The number of aliphatic hydroxyl groups excluding tert-OH is 1. The molecular formula is C12H7F3N2OS2. The Morgan fingerprint density at radius 3 is 2.60 bits per heavy atom. The third kappa shape index (κ3) is 2.19. The Hall–Kier alpha value is -1.51. The number of aromatic nitrogens is 2. The molecule has 0 bridgehead atoms. The first-order valence-electron chi connectivity index (χ1n) is 5.50. The van der Waals surface area contributed by atoms with Gasteiger partial charge in [-0.25, -0.2) is 9.97 Å². The minimum Gasteiger partial charge on any atom is -0.390 e. The summed E-state index contributed by atoms with van der Waals surface area (Å²) in [7, 11) is 0. The lowest BCUT2D eigenvalue weighted by Gasteiger charge is -2.07. The average molecular weight is 316 g/mol. The van der Waals surface area contributed by atoms with E-state index in [0.717, 1.165) is 4.88 Å². The van der Waals surface area contributed by atoms with Crippen LogP contribution in [0.3, 0.4) is 0 Å². The van der Waals surface area contributed by atoms with Crippen molar-refractivity contribution in [1.82, 2.24) is 9.97 Å². The first-order chi connectivity index (χ1) is 9.50. The van der Waals surface area contributed by atoms with Gasteiger partial charge in [-0.15, -0.1) is 22.7 Å². The van der Waals surface area contributed by atoms with Crippen LogP contribution in [0, 0.1) is 0 Å². The maximum Gasteiger partial charge on any atom is 0.451 e. The van der Waals surface area contributed by atoms with E-state index >= 15 is 0 Å². The molecule has 0 aliphatic heterocycles. The molecule has 20 heavy (non-hydrogen) atoms. The molecule has 0 saturated heterocycles. The molecule has 0 radical (unpaired) electrons. The second-order valence-electron chi connectivity index (χ2n) is 3.95. The number of aliphatic hydroxyl groups is 1. The van der Waals surface area contributed by atoms with Crippen LogP contribution in [0.4, 0.5) is 13.2 Å². The highest BCUT2D eigenvalue weighted by atomic mass is 32.1. The molecule has 3 nitrogen and oxygen atoms in total. The van der Waals surface area contributed by atoms with Crippen molar-refractivity contribution in [2.24, 2.45) is 0 Å². The standard InChI is InChI=1S/C12H7F3N2OS2/c13-12(14,15)11-16-7(4-18)10-9(17-11)6(5-20-10)8-2-1-3-19-8/h1-3,5,18H,4H2. The molecule has 0 spiro atoms. The Bertz CT molecular complexity index is 750. The molecule has 0 atom stereocenters. The van der Waals surface area contributed by atoms with Crippen LogP contribution in [-0.4, -0.2) is 15.1 Å². The number of rotatable bonds is 2. The molecule has 0 aliphatic rings. The normalized spacial score (nSPS) is 12.2. The van der Waals surface area contributed by atoms with E-state index < -0.39 is 18.6 Å². The van der Waals surface area contributed by atoms with Gasteiger partial charge in [0.15, 0.2) is 0 Å². The van der Waals surface area contributed by atoms with Gasteiger partial charge in [0, 0.05) is 15.8 Å². The van der Waals surface area contributed by atoms with Crippen molar-refractivity contribution in [3.63, 3.8) is 0 Å². The fraction of sp³-hybridized carbons (Fsp3) is 0.167. The van der Waals surface area contributed by atoms with E-state index in [-0.39, 0.29) is 11.2 Å². The van der Waals surface area contributed by atoms with Gasteiger partial charge in [-0.05, 0) is 11.4 Å². The van der Waals surface area contributed by atoms with E-state index in [1.54, 1.807) is 5.38 Å². The van der Waals surface area contributed by atoms with Crippen LogP contribution >= 0.6 is 22.7 Å². The summed E-state index contributed by atoms with van der Waals surface area (Å²) < 4.78 is 38.9. The van der Waals surface area contributed by atoms with Crippen molar-refractivity contribution in [3.8, 4) is 10.4 Å². The molecule has 0 saturated carbocycles. The first-order valence-corrected chi connectivity index (χ1v) is 7.26. The number of alkyl halides is 3. The van der Waals surface area contributed by atoms with Crippen LogP contribution in [0.1, 0.15) is 11.5 Å². The van der Waals surface area contributed by atoms with Gasteiger partial charge in [0.25, 0.3) is 0 Å². The van der Waals surface area contributed by atoms with Gasteiger partial charge in [0.1, 0.15) is 0 Å². The predicted octanol–water partition coefficient (Wildman–Crippen LogP) is 3.93. The summed E-state index contributed by atoms with van der Waals surface area (Å²) in [5.41, 5.74) is 0.890. The van der Waals surface area contributed by atoms with Crippen molar-refractivity contribution in [3.05, 3.63) is 34.4 Å². The van der Waals surface area contributed by atoms with Crippen molar-refractivity contribution >= 4 is 32.9 Å². The van der Waals surface area contributed by atoms with E-state index in [0.29, 0.717) is 10.3 Å². The van der Waals surface area contributed by atoms with Crippen LogP contribution < -0.4 is 0 Å². The maximum absolute atomic E-state index is 12.8. The molecular weight excluding hydrogens is 309 g/mol. The molecule has 8 heteroatoms. The van der Waals surface area contributed by atoms with E-state index in [2.05, 4.69) is 9.97 Å². The number of thiophene rings is 2. The third-order valence-corrected chi connectivity index (χ3v) is 4.60. The number of halogens is 3. The van der Waals surface area contributed by atoms with Gasteiger partial charge in [-0.3, -0.25) is 0 Å². The van der Waals surface area contributed by atoms with Gasteiger partial charge < -0.3 is 5.11 Å². The fourth-order valence-electron chi connectivity index (χ4n) is 1.82. The molecule has 3 aromatic heterocycles. The lowest BCUT2D eigenvalue weighted by atomic mass is 10.2. The highest BCUT2D eigenvalue weighted by Crippen LogP contribution is 2.38. The summed E-state index contributed by atoms with van der Waals surface area (Å²) in [6.07, 6.45) is -4.63. The third-order valence-electron chi connectivity index (χ3n) is 2.68. The molecule has 0 fully saturated rings. The van der Waals surface area contributed by atoms with E-state index in [9.17, 15) is 18.3 Å². The quantitative estimate of drug-likeness (QED) is 0.779. The van der Waals surface area contributed by atoms with Crippen molar-refractivity contribution in [2.45, 2.75) is 12.8 Å². The largest absolute Gasteiger partial charge is 0.451 e. The van der Waals surface area contributed by atoms with Crippen molar-refractivity contribution < 1.29 is 18.3 Å². The van der Waals surface area contributed by atoms with Gasteiger partial charge in [0.05, 0.1) is 22.5 Å². The van der Waals surface area contributed by atoms with Crippen LogP contribution in [0.5, 0.6) is 0 Å². The van der Waals surface area contributed by atoms with Gasteiger partial charge in [-0.2, -0.15) is 13.2 Å². The van der Waals surface area contributed by atoms with Crippen LogP contribution in [0.2, 0.25) is 0 Å². The molecule has 0 unspecified atom stereocenters. The Morgan fingerprint density at radius 2 is 2.00 bits per heavy atom. The number of nitrogens with zero attached hydrogens (tertiary/aromatic N) is 2. The summed E-state index contributed by atoms with van der Waals surface area (Å²) in [5.74, 6) is -1.22. The zero-order chi connectivity index (χ0) is 14.3. The van der Waals surface area contributed by atoms with Crippen LogP contribution in [0.15, 0.2) is 22.9 Å². The zero-order valence-corrected chi connectivity index (χ0v) is 11.4. The maximum atomic E-state index is 12.8. The molecule has 0 aromatic carbocycles. The SMILES string of the molecule is OCc1nc(C(F)(F)F)nc2c(-c3cccs3)csc12. The monoisotopic (exact) mass is 316 g/mol. The van der Waals surface area contributed by atoms with E-state index in [4.69, 9.17) is 0 Å². The molecule has 3 rings (SSSR count). The Balaban J connectivity index is 2.30. The fourth-order valence-corrected chi connectivity index (χ4v) is 3.62. The summed E-state index contributed by atoms with van der Waals surface area (Å²) in [5, 5.41) is 12.8. The van der Waals surface area contributed by atoms with Crippen LogP contribution in [-0.2, 0) is 12.8 Å². The molecule has 3 heterocycles. The second kappa shape index (κ2) is 4.80. The smallest absolute Gasteiger partial charge is 0.390 e. The van der Waals surface area contributed by atoms with Gasteiger partial charge in [-0.1, -0.05) is 6.07 Å². The van der Waals surface area contributed by atoms with Crippen LogP contribution in [0.25, 0.3) is 20.7 Å². The summed E-state index contributed by atoms with van der Waals surface area (Å²) in [6, 6.07) is 3.64. The first kappa shape index (κ1) is 13.5. The number of fused-ring (bicyclic) bond motifs is 1. The zero-order valence-electron chi connectivity index (χ0n) is 9.81. The molecule has 104 valence electrons. The Labute approximate surface area is 119 Å². The van der Waals surface area contributed by atoms with Gasteiger partial charge in [0.2, 0.25) is 5.82 Å². The molecule has 3 aromatic rings. The minimum absolute atomic E-state index is 0.00938. The molecule has 0 aliphatic carbocycles. The Kier molecular flexibility index (Phi) is 3.23. The lowest BCUT2D eigenvalue weighted by Crippen LogP contribution is -2.12.